The number of primary amides is 1. The largest absolute Gasteiger partial charge is 0.370 e. The van der Waals surface area contributed by atoms with Crippen molar-refractivity contribution in [1.82, 2.24) is 5.32 Å². The lowest BCUT2D eigenvalue weighted by atomic mass is 10.1. The van der Waals surface area contributed by atoms with Crippen molar-refractivity contribution in [3.05, 3.63) is 0 Å². The molecule has 0 saturated carbocycles. The Morgan fingerprint density at radius 3 is 1.95 bits per heavy atom. The van der Waals surface area contributed by atoms with E-state index in [9.17, 15) is 14.4 Å². The smallest absolute Gasteiger partial charge is 0.219 e. The van der Waals surface area contributed by atoms with Crippen molar-refractivity contribution in [3.8, 4) is 0 Å². The number of nitrogens with one attached hydrogen (secondary N) is 1. The van der Waals surface area contributed by atoms with Gasteiger partial charge in [0.2, 0.25) is 11.8 Å². The third-order valence-corrected chi connectivity index (χ3v) is 2.83. The van der Waals surface area contributed by atoms with Gasteiger partial charge in [-0.25, -0.2) is 0 Å². The molecule has 0 aromatic carbocycles. The Morgan fingerprint density at radius 1 is 1.14 bits per heavy atom. The number of hydrogen-bond acceptors (Lipinski definition) is 3. The van der Waals surface area contributed by atoms with E-state index in [1.54, 1.807) is 0 Å². The molecule has 0 rings (SSSR count). The van der Waals surface area contributed by atoms with E-state index in [0.717, 1.165) is 25.7 Å². The number of nitrogens with two attached hydrogens (primary N) is 1. The van der Waals surface area contributed by atoms with Crippen LogP contribution in [-0.2, 0) is 14.4 Å². The Hall–Kier alpha value is -1.10. The molecule has 5 nitrogen and oxygen atoms in total. The molecule has 0 fully saturated rings. The first kappa shape index (κ1) is 25.8. The van der Waals surface area contributed by atoms with Crippen molar-refractivity contribution in [2.45, 2.75) is 78.0 Å². The SMILES string of the molecule is CC(N)=O.CCC(Cl)C=O.CCCCCCCC(=O)NCC. The van der Waals surface area contributed by atoms with Gasteiger partial charge in [-0.05, 0) is 19.8 Å². The monoisotopic (exact) mass is 336 g/mol. The second-order valence-electron chi connectivity index (χ2n) is 4.79. The fraction of sp³-hybridized carbons (Fsp3) is 0.812. The fourth-order valence-electron chi connectivity index (χ4n) is 1.27. The number of hydrogen-bond donors (Lipinski definition) is 2. The highest BCUT2D eigenvalue weighted by Gasteiger charge is 1.97. The zero-order chi connectivity index (χ0) is 17.8. The molecule has 0 aliphatic carbocycles. The molecule has 0 radical (unpaired) electrons. The molecule has 6 heteroatoms. The molecule has 0 aromatic heterocycles. The minimum atomic E-state index is -0.333. The van der Waals surface area contributed by atoms with Gasteiger partial charge in [0.25, 0.3) is 0 Å². The Labute approximate surface area is 140 Å². The number of unbranched alkanes of at least 4 members (excludes halogenated alkanes) is 4. The summed E-state index contributed by atoms with van der Waals surface area (Å²) < 4.78 is 0. The van der Waals surface area contributed by atoms with E-state index in [1.165, 1.54) is 32.6 Å². The van der Waals surface area contributed by atoms with Crippen molar-refractivity contribution in [3.63, 3.8) is 0 Å². The van der Waals surface area contributed by atoms with Crippen molar-refractivity contribution in [2.75, 3.05) is 6.54 Å². The summed E-state index contributed by atoms with van der Waals surface area (Å²) in [5, 5.41) is 2.52. The van der Waals surface area contributed by atoms with E-state index < -0.39 is 0 Å². The number of carbonyl (C=O) groups is 3. The summed E-state index contributed by atoms with van der Waals surface area (Å²) in [6.07, 6.45) is 8.26. The van der Waals surface area contributed by atoms with Crippen LogP contribution >= 0.6 is 11.6 Å². The average Bonchev–Trinajstić information content (AvgIpc) is 2.46. The van der Waals surface area contributed by atoms with Crippen LogP contribution in [0.2, 0.25) is 0 Å². The summed E-state index contributed by atoms with van der Waals surface area (Å²) in [5.41, 5.74) is 4.47. The first-order chi connectivity index (χ1) is 10.3. The zero-order valence-corrected chi connectivity index (χ0v) is 15.2. The van der Waals surface area contributed by atoms with Crippen LogP contribution in [0.15, 0.2) is 0 Å². The van der Waals surface area contributed by atoms with Gasteiger partial charge in [0, 0.05) is 19.9 Å². The molecule has 1 unspecified atom stereocenters. The van der Waals surface area contributed by atoms with E-state index in [-0.39, 0.29) is 17.2 Å². The maximum atomic E-state index is 11.0. The van der Waals surface area contributed by atoms with E-state index >= 15 is 0 Å². The second kappa shape index (κ2) is 22.2. The van der Waals surface area contributed by atoms with Gasteiger partial charge in [-0.3, -0.25) is 9.59 Å². The van der Waals surface area contributed by atoms with E-state index in [4.69, 9.17) is 11.6 Å². The number of aldehydes is 1. The predicted molar refractivity (Wildman–Crippen MR) is 92.9 cm³/mol. The van der Waals surface area contributed by atoms with Crippen LogP contribution in [0.4, 0.5) is 0 Å². The topological polar surface area (TPSA) is 89.3 Å². The Morgan fingerprint density at radius 2 is 1.64 bits per heavy atom. The lowest BCUT2D eigenvalue weighted by molar-refractivity contribution is -0.121. The molecule has 22 heavy (non-hydrogen) atoms. The number of halogens is 1. The highest BCUT2D eigenvalue weighted by atomic mass is 35.5. The van der Waals surface area contributed by atoms with E-state index in [1.807, 2.05) is 13.8 Å². The maximum Gasteiger partial charge on any atom is 0.219 e. The summed E-state index contributed by atoms with van der Waals surface area (Å²) in [7, 11) is 0. The number of alkyl halides is 1. The molecule has 3 N–H and O–H groups in total. The molecule has 0 aliphatic heterocycles. The first-order valence-electron chi connectivity index (χ1n) is 7.97. The molecule has 1 atom stereocenters. The van der Waals surface area contributed by atoms with Crippen LogP contribution in [0, 0.1) is 0 Å². The number of carbonyl (C=O) groups excluding carboxylic acids is 3. The zero-order valence-electron chi connectivity index (χ0n) is 14.5. The molecule has 2 amide bonds. The quantitative estimate of drug-likeness (QED) is 0.385. The van der Waals surface area contributed by atoms with Gasteiger partial charge in [-0.2, -0.15) is 0 Å². The molecule has 0 heterocycles. The van der Waals surface area contributed by atoms with Crippen molar-refractivity contribution < 1.29 is 14.4 Å². The molecule has 0 spiro atoms. The number of amides is 2. The minimum Gasteiger partial charge on any atom is -0.370 e. The molecular formula is C16H33ClN2O3. The predicted octanol–water partition coefficient (Wildman–Crippen LogP) is 3.18. The molecule has 0 aliphatic rings. The lowest BCUT2D eigenvalue weighted by Crippen LogP contribution is -2.21. The Balaban J connectivity index is -0.000000300. The highest BCUT2D eigenvalue weighted by molar-refractivity contribution is 6.27. The summed E-state index contributed by atoms with van der Waals surface area (Å²) in [6, 6.07) is 0. The van der Waals surface area contributed by atoms with Crippen LogP contribution in [0.3, 0.4) is 0 Å². The van der Waals surface area contributed by atoms with Gasteiger partial charge in [-0.15, -0.1) is 11.6 Å². The normalized spacial score (nSPS) is 10.2. The van der Waals surface area contributed by atoms with Crippen LogP contribution in [-0.4, -0.2) is 30.0 Å². The van der Waals surface area contributed by atoms with Crippen LogP contribution < -0.4 is 11.1 Å². The minimum absolute atomic E-state index is 0.203. The molecule has 0 aromatic rings. The molecule has 0 bridgehead atoms. The third-order valence-electron chi connectivity index (χ3n) is 2.42. The standard InChI is InChI=1S/C10H21NO.C4H7ClO.C2H5NO/c1-3-5-6-7-8-9-10(12)11-4-2;1-2-4(5)3-6;1-2(3)4/h3-9H2,1-2H3,(H,11,12);3-4H,2H2,1H3;1H3,(H2,3,4). The number of rotatable bonds is 9. The van der Waals surface area contributed by atoms with Crippen molar-refractivity contribution in [1.29, 1.82) is 0 Å². The van der Waals surface area contributed by atoms with Crippen LogP contribution in [0.25, 0.3) is 0 Å². The van der Waals surface area contributed by atoms with Gasteiger partial charge in [0.15, 0.2) is 0 Å². The van der Waals surface area contributed by atoms with Gasteiger partial charge in [0.1, 0.15) is 6.29 Å². The van der Waals surface area contributed by atoms with Crippen LogP contribution in [0.1, 0.15) is 72.6 Å². The van der Waals surface area contributed by atoms with E-state index in [0.29, 0.717) is 6.42 Å². The third kappa shape index (κ3) is 36.4. The van der Waals surface area contributed by atoms with E-state index in [2.05, 4.69) is 18.0 Å². The molecule has 0 saturated heterocycles. The Bertz CT molecular complexity index is 270. The second-order valence-corrected chi connectivity index (χ2v) is 5.35. The van der Waals surface area contributed by atoms with Crippen LogP contribution in [0.5, 0.6) is 0 Å². The highest BCUT2D eigenvalue weighted by Crippen LogP contribution is 2.04. The Kier molecular flexibility index (Phi) is 26.0. The fourth-order valence-corrected chi connectivity index (χ4v) is 1.27. The summed E-state index contributed by atoms with van der Waals surface area (Å²) >= 11 is 5.28. The lowest BCUT2D eigenvalue weighted by Gasteiger charge is -2.01. The first-order valence-corrected chi connectivity index (χ1v) is 8.41. The van der Waals surface area contributed by atoms with Gasteiger partial charge < -0.3 is 15.8 Å². The van der Waals surface area contributed by atoms with Gasteiger partial charge in [-0.1, -0.05) is 39.5 Å². The summed E-state index contributed by atoms with van der Waals surface area (Å²) in [5.74, 6) is -0.131. The van der Waals surface area contributed by atoms with Crippen molar-refractivity contribution in [2.24, 2.45) is 5.73 Å². The van der Waals surface area contributed by atoms with Gasteiger partial charge in [0.05, 0.1) is 5.38 Å². The average molecular weight is 337 g/mol. The molecule has 132 valence electrons. The summed E-state index contributed by atoms with van der Waals surface area (Å²) in [4.78, 5) is 29.8. The van der Waals surface area contributed by atoms with Crippen molar-refractivity contribution >= 4 is 29.7 Å². The summed E-state index contributed by atoms with van der Waals surface area (Å²) in [6.45, 7) is 8.08. The van der Waals surface area contributed by atoms with Gasteiger partial charge >= 0.3 is 0 Å². The molecular weight excluding hydrogens is 304 g/mol. The maximum absolute atomic E-state index is 11.0.